The van der Waals surface area contributed by atoms with E-state index in [-0.39, 0.29) is 0 Å². The van der Waals surface area contributed by atoms with Crippen molar-refractivity contribution in [1.29, 1.82) is 0 Å². The summed E-state index contributed by atoms with van der Waals surface area (Å²) in [5, 5.41) is 4.18. The zero-order valence-electron chi connectivity index (χ0n) is 11.3. The van der Waals surface area contributed by atoms with Crippen molar-refractivity contribution >= 4 is 21.6 Å². The summed E-state index contributed by atoms with van der Waals surface area (Å²) in [6.07, 6.45) is 7.50. The third-order valence-electron chi connectivity index (χ3n) is 3.83. The molecule has 1 aliphatic rings. The van der Waals surface area contributed by atoms with Crippen molar-refractivity contribution in [1.82, 2.24) is 10.1 Å². The van der Waals surface area contributed by atoms with Crippen LogP contribution in [0.1, 0.15) is 50.3 Å². The Bertz CT molecular complexity index is 568. The molecule has 0 spiro atoms. The SMILES string of the molecule is Nc1cc(Br)cc(-c2nc(C3CCCCCC3)no2)c1. The van der Waals surface area contributed by atoms with E-state index < -0.39 is 0 Å². The molecule has 20 heavy (non-hydrogen) atoms. The molecule has 0 atom stereocenters. The van der Waals surface area contributed by atoms with Crippen LogP contribution in [0.3, 0.4) is 0 Å². The Morgan fingerprint density at radius 2 is 1.85 bits per heavy atom. The lowest BCUT2D eigenvalue weighted by Gasteiger charge is -2.07. The minimum atomic E-state index is 0.444. The van der Waals surface area contributed by atoms with E-state index in [1.807, 2.05) is 18.2 Å². The highest BCUT2D eigenvalue weighted by Gasteiger charge is 2.20. The first-order valence-corrected chi connectivity index (χ1v) is 7.92. The summed E-state index contributed by atoms with van der Waals surface area (Å²) in [6, 6.07) is 5.65. The second-order valence-electron chi connectivity index (χ2n) is 5.42. The van der Waals surface area contributed by atoms with Gasteiger partial charge in [-0.05, 0) is 31.0 Å². The second-order valence-corrected chi connectivity index (χ2v) is 6.34. The molecule has 1 fully saturated rings. The number of benzene rings is 1. The molecule has 106 valence electrons. The third kappa shape index (κ3) is 3.03. The van der Waals surface area contributed by atoms with Crippen LogP contribution >= 0.6 is 15.9 Å². The van der Waals surface area contributed by atoms with Gasteiger partial charge in [-0.25, -0.2) is 0 Å². The fraction of sp³-hybridized carbons (Fsp3) is 0.467. The minimum Gasteiger partial charge on any atom is -0.399 e. The van der Waals surface area contributed by atoms with Crippen LogP contribution in [-0.2, 0) is 0 Å². The average Bonchev–Trinajstić information content (AvgIpc) is 2.74. The van der Waals surface area contributed by atoms with Gasteiger partial charge in [-0.15, -0.1) is 0 Å². The summed E-state index contributed by atoms with van der Waals surface area (Å²) in [4.78, 5) is 4.57. The summed E-state index contributed by atoms with van der Waals surface area (Å²) in [7, 11) is 0. The molecule has 4 nitrogen and oxygen atoms in total. The van der Waals surface area contributed by atoms with Crippen LogP contribution in [0.15, 0.2) is 27.2 Å². The monoisotopic (exact) mass is 335 g/mol. The molecule has 0 aliphatic heterocycles. The molecule has 1 aliphatic carbocycles. The summed E-state index contributed by atoms with van der Waals surface area (Å²) >= 11 is 3.43. The Hall–Kier alpha value is -1.36. The molecule has 1 aromatic heterocycles. The zero-order valence-corrected chi connectivity index (χ0v) is 12.9. The molecule has 0 saturated heterocycles. The van der Waals surface area contributed by atoms with Gasteiger partial charge in [0.2, 0.25) is 0 Å². The van der Waals surface area contributed by atoms with Crippen molar-refractivity contribution < 1.29 is 4.52 Å². The van der Waals surface area contributed by atoms with Crippen LogP contribution < -0.4 is 5.73 Å². The summed E-state index contributed by atoms with van der Waals surface area (Å²) in [6.45, 7) is 0. The number of aromatic nitrogens is 2. The number of halogens is 1. The number of nitrogens with zero attached hydrogens (tertiary/aromatic N) is 2. The lowest BCUT2D eigenvalue weighted by molar-refractivity contribution is 0.410. The number of nitrogens with two attached hydrogens (primary N) is 1. The lowest BCUT2D eigenvalue weighted by Crippen LogP contribution is -1.99. The Balaban J connectivity index is 1.85. The van der Waals surface area contributed by atoms with E-state index in [4.69, 9.17) is 10.3 Å². The molecular formula is C15H18BrN3O. The highest BCUT2D eigenvalue weighted by atomic mass is 79.9. The Kier molecular flexibility index (Phi) is 4.05. The van der Waals surface area contributed by atoms with E-state index in [2.05, 4.69) is 26.1 Å². The quantitative estimate of drug-likeness (QED) is 0.647. The number of anilines is 1. The maximum atomic E-state index is 5.85. The zero-order chi connectivity index (χ0) is 13.9. The number of hydrogen-bond donors (Lipinski definition) is 1. The molecule has 0 unspecified atom stereocenters. The Morgan fingerprint density at radius 1 is 1.10 bits per heavy atom. The first-order chi connectivity index (χ1) is 9.72. The van der Waals surface area contributed by atoms with Gasteiger partial charge in [-0.2, -0.15) is 4.98 Å². The van der Waals surface area contributed by atoms with Crippen LogP contribution in [0.5, 0.6) is 0 Å². The predicted octanol–water partition coefficient (Wildman–Crippen LogP) is 4.52. The van der Waals surface area contributed by atoms with Crippen LogP contribution in [-0.4, -0.2) is 10.1 Å². The van der Waals surface area contributed by atoms with Crippen molar-refractivity contribution in [2.75, 3.05) is 5.73 Å². The molecule has 5 heteroatoms. The largest absolute Gasteiger partial charge is 0.399 e. The molecule has 0 amide bonds. The van der Waals surface area contributed by atoms with Gasteiger partial charge in [0.25, 0.3) is 5.89 Å². The van der Waals surface area contributed by atoms with Crippen LogP contribution in [0.4, 0.5) is 5.69 Å². The molecule has 3 rings (SSSR count). The normalized spacial score (nSPS) is 17.1. The van der Waals surface area contributed by atoms with Gasteiger partial charge in [0.15, 0.2) is 5.82 Å². The fourth-order valence-corrected chi connectivity index (χ4v) is 3.30. The maximum absolute atomic E-state index is 5.85. The van der Waals surface area contributed by atoms with Crippen LogP contribution in [0, 0.1) is 0 Å². The van der Waals surface area contributed by atoms with Crippen molar-refractivity contribution in [3.8, 4) is 11.5 Å². The van der Waals surface area contributed by atoms with E-state index in [0.717, 1.165) is 15.9 Å². The Morgan fingerprint density at radius 3 is 2.55 bits per heavy atom. The molecular weight excluding hydrogens is 318 g/mol. The number of hydrogen-bond acceptors (Lipinski definition) is 4. The average molecular weight is 336 g/mol. The van der Waals surface area contributed by atoms with Gasteiger partial charge >= 0.3 is 0 Å². The van der Waals surface area contributed by atoms with Gasteiger partial charge in [0.1, 0.15) is 0 Å². The van der Waals surface area contributed by atoms with Crippen LogP contribution in [0.2, 0.25) is 0 Å². The third-order valence-corrected chi connectivity index (χ3v) is 4.29. The molecule has 0 radical (unpaired) electrons. The van der Waals surface area contributed by atoms with Gasteiger partial charge in [0, 0.05) is 21.6 Å². The summed E-state index contributed by atoms with van der Waals surface area (Å²) in [5.41, 5.74) is 7.40. The molecule has 2 aromatic rings. The smallest absolute Gasteiger partial charge is 0.258 e. The van der Waals surface area contributed by atoms with Crippen molar-refractivity contribution in [2.45, 2.75) is 44.4 Å². The Labute approximate surface area is 126 Å². The molecule has 1 aromatic carbocycles. The highest BCUT2D eigenvalue weighted by Crippen LogP contribution is 2.32. The standard InChI is InChI=1S/C15H18BrN3O/c16-12-7-11(8-13(17)9-12)15-18-14(19-20-15)10-5-3-1-2-4-6-10/h7-10H,1-6,17H2. The first kappa shape index (κ1) is 13.6. The topological polar surface area (TPSA) is 64.9 Å². The molecule has 1 heterocycles. The molecule has 1 saturated carbocycles. The van der Waals surface area contributed by atoms with E-state index >= 15 is 0 Å². The summed E-state index contributed by atoms with van der Waals surface area (Å²) in [5.74, 6) is 1.84. The van der Waals surface area contributed by atoms with Crippen molar-refractivity contribution in [2.24, 2.45) is 0 Å². The van der Waals surface area contributed by atoms with E-state index in [0.29, 0.717) is 17.5 Å². The number of rotatable bonds is 2. The van der Waals surface area contributed by atoms with Crippen molar-refractivity contribution in [3.63, 3.8) is 0 Å². The lowest BCUT2D eigenvalue weighted by atomic mass is 10.00. The highest BCUT2D eigenvalue weighted by molar-refractivity contribution is 9.10. The van der Waals surface area contributed by atoms with E-state index in [1.165, 1.54) is 38.5 Å². The van der Waals surface area contributed by atoms with Gasteiger partial charge < -0.3 is 10.3 Å². The fourth-order valence-electron chi connectivity index (χ4n) is 2.79. The molecule has 2 N–H and O–H groups in total. The van der Waals surface area contributed by atoms with Gasteiger partial charge in [-0.3, -0.25) is 0 Å². The minimum absolute atomic E-state index is 0.444. The van der Waals surface area contributed by atoms with Crippen molar-refractivity contribution in [3.05, 3.63) is 28.5 Å². The predicted molar refractivity (Wildman–Crippen MR) is 82.3 cm³/mol. The first-order valence-electron chi connectivity index (χ1n) is 7.12. The summed E-state index contributed by atoms with van der Waals surface area (Å²) < 4.78 is 6.34. The van der Waals surface area contributed by atoms with Gasteiger partial charge in [-0.1, -0.05) is 46.8 Å². The second kappa shape index (κ2) is 5.95. The van der Waals surface area contributed by atoms with E-state index in [1.54, 1.807) is 0 Å². The van der Waals surface area contributed by atoms with E-state index in [9.17, 15) is 0 Å². The number of nitrogen functional groups attached to an aromatic ring is 1. The maximum Gasteiger partial charge on any atom is 0.258 e. The molecule has 0 bridgehead atoms. The van der Waals surface area contributed by atoms with Crippen LogP contribution in [0.25, 0.3) is 11.5 Å². The van der Waals surface area contributed by atoms with Gasteiger partial charge in [0.05, 0.1) is 0 Å².